The van der Waals surface area contributed by atoms with Crippen LogP contribution in [0.1, 0.15) is 42.5 Å². The lowest BCUT2D eigenvalue weighted by molar-refractivity contribution is -0.0768. The molecule has 0 spiro atoms. The van der Waals surface area contributed by atoms with Gasteiger partial charge in [0, 0.05) is 51.1 Å². The molecule has 1 aromatic carbocycles. The molecule has 1 aromatic heterocycles. The molecule has 2 N–H and O–H groups in total. The van der Waals surface area contributed by atoms with Crippen molar-refractivity contribution in [2.75, 3.05) is 32.7 Å². The SMILES string of the molecule is O=C(c1ccc2nc[nH]c2c1)N1CCCC(O)(CN2CCC(F)(F)CC2)CC1. The fourth-order valence-electron chi connectivity index (χ4n) is 4.25. The number of aromatic nitrogens is 2. The Hall–Kier alpha value is -2.06. The smallest absolute Gasteiger partial charge is 0.253 e. The first-order chi connectivity index (χ1) is 13.3. The third kappa shape index (κ3) is 4.17. The summed E-state index contributed by atoms with van der Waals surface area (Å²) in [5.41, 5.74) is 1.29. The maximum atomic E-state index is 13.4. The Labute approximate surface area is 162 Å². The molecule has 0 saturated carbocycles. The number of benzene rings is 1. The molecule has 0 radical (unpaired) electrons. The Bertz CT molecular complexity index is 846. The zero-order valence-electron chi connectivity index (χ0n) is 15.8. The Balaban J connectivity index is 1.38. The van der Waals surface area contributed by atoms with Gasteiger partial charge in [-0.15, -0.1) is 0 Å². The molecular weight excluding hydrogens is 366 g/mol. The minimum Gasteiger partial charge on any atom is -0.388 e. The number of hydrogen-bond acceptors (Lipinski definition) is 4. The van der Waals surface area contributed by atoms with Gasteiger partial charge in [0.25, 0.3) is 11.8 Å². The number of nitrogens with zero attached hydrogens (tertiary/aromatic N) is 3. The minimum absolute atomic E-state index is 0.0571. The van der Waals surface area contributed by atoms with Gasteiger partial charge in [-0.3, -0.25) is 4.79 Å². The van der Waals surface area contributed by atoms with Crippen LogP contribution in [0.5, 0.6) is 0 Å². The third-order valence-electron chi connectivity index (χ3n) is 5.98. The number of β-amino-alcohol motifs (C(OH)–C–C–N with tert-alkyl or cyclic N) is 1. The molecule has 4 rings (SSSR count). The van der Waals surface area contributed by atoms with E-state index < -0.39 is 11.5 Å². The van der Waals surface area contributed by atoms with Crippen LogP contribution >= 0.6 is 0 Å². The summed E-state index contributed by atoms with van der Waals surface area (Å²) in [5.74, 6) is -2.64. The number of alkyl halides is 2. The lowest BCUT2D eigenvalue weighted by Crippen LogP contribution is -2.48. The van der Waals surface area contributed by atoms with Crippen LogP contribution in [0.15, 0.2) is 24.5 Å². The standard InChI is InChI=1S/C20H26F2N4O2/c21-20(22)6-9-25(10-7-20)13-19(28)4-1-8-26(11-5-19)18(27)15-2-3-16-17(12-15)24-14-23-16/h2-3,12,14,28H,1,4-11,13H2,(H,23,24). The van der Waals surface area contributed by atoms with Gasteiger partial charge in [0.05, 0.1) is 23.0 Å². The Morgan fingerprint density at radius 2 is 1.93 bits per heavy atom. The van der Waals surface area contributed by atoms with Crippen LogP contribution in [-0.2, 0) is 0 Å². The van der Waals surface area contributed by atoms with Gasteiger partial charge in [0.15, 0.2) is 0 Å². The number of aromatic amines is 1. The molecule has 8 heteroatoms. The van der Waals surface area contributed by atoms with Crippen LogP contribution in [0.2, 0.25) is 0 Å². The van der Waals surface area contributed by atoms with Crippen LogP contribution in [0, 0.1) is 0 Å². The maximum absolute atomic E-state index is 13.4. The number of amides is 1. The molecule has 0 bridgehead atoms. The Morgan fingerprint density at radius 3 is 2.71 bits per heavy atom. The topological polar surface area (TPSA) is 72.5 Å². The molecule has 152 valence electrons. The number of fused-ring (bicyclic) bond motifs is 1. The average Bonchev–Trinajstić information content (AvgIpc) is 3.05. The highest BCUT2D eigenvalue weighted by atomic mass is 19.3. The normalized spacial score (nSPS) is 26.3. The molecule has 2 fully saturated rings. The predicted molar refractivity (Wildman–Crippen MR) is 101 cm³/mol. The lowest BCUT2D eigenvalue weighted by atomic mass is 9.93. The highest BCUT2D eigenvalue weighted by Crippen LogP contribution is 2.31. The van der Waals surface area contributed by atoms with Gasteiger partial charge in [0.1, 0.15) is 0 Å². The van der Waals surface area contributed by atoms with E-state index in [4.69, 9.17) is 0 Å². The van der Waals surface area contributed by atoms with Crippen LogP contribution < -0.4 is 0 Å². The summed E-state index contributed by atoms with van der Waals surface area (Å²) < 4.78 is 26.7. The maximum Gasteiger partial charge on any atom is 0.253 e. The number of carbonyl (C=O) groups excluding carboxylic acids is 1. The summed E-state index contributed by atoms with van der Waals surface area (Å²) in [7, 11) is 0. The van der Waals surface area contributed by atoms with E-state index in [0.29, 0.717) is 57.5 Å². The number of nitrogens with one attached hydrogen (secondary N) is 1. The predicted octanol–water partition coefficient (Wildman–Crippen LogP) is 2.65. The van der Waals surface area contributed by atoms with Crippen molar-refractivity contribution in [1.29, 1.82) is 0 Å². The molecule has 2 saturated heterocycles. The zero-order chi connectivity index (χ0) is 19.8. The van der Waals surface area contributed by atoms with E-state index in [1.54, 1.807) is 23.4 Å². The van der Waals surface area contributed by atoms with E-state index >= 15 is 0 Å². The summed E-state index contributed by atoms with van der Waals surface area (Å²) >= 11 is 0. The first-order valence-corrected chi connectivity index (χ1v) is 9.89. The number of piperidine rings is 1. The van der Waals surface area contributed by atoms with E-state index in [1.165, 1.54) is 0 Å². The molecule has 1 unspecified atom stereocenters. The average molecular weight is 392 g/mol. The fourth-order valence-corrected chi connectivity index (χ4v) is 4.25. The highest BCUT2D eigenvalue weighted by Gasteiger charge is 2.38. The summed E-state index contributed by atoms with van der Waals surface area (Å²) in [6.45, 7) is 2.05. The first kappa shape index (κ1) is 19.3. The number of H-pyrrole nitrogens is 1. The van der Waals surface area contributed by atoms with Gasteiger partial charge >= 0.3 is 0 Å². The fraction of sp³-hybridized carbons (Fsp3) is 0.600. The van der Waals surface area contributed by atoms with Gasteiger partial charge in [0.2, 0.25) is 0 Å². The molecule has 2 aromatic rings. The van der Waals surface area contributed by atoms with E-state index in [9.17, 15) is 18.7 Å². The number of likely N-dealkylation sites (tertiary alicyclic amines) is 2. The number of aliphatic hydroxyl groups is 1. The van der Waals surface area contributed by atoms with Crippen molar-refractivity contribution in [3.05, 3.63) is 30.1 Å². The Morgan fingerprint density at radius 1 is 1.14 bits per heavy atom. The Kier molecular flexibility index (Phi) is 5.09. The molecule has 0 aliphatic carbocycles. The number of imidazole rings is 1. The van der Waals surface area contributed by atoms with E-state index in [1.807, 2.05) is 11.0 Å². The zero-order valence-corrected chi connectivity index (χ0v) is 15.8. The van der Waals surface area contributed by atoms with E-state index in [0.717, 1.165) is 11.0 Å². The van der Waals surface area contributed by atoms with Crippen molar-refractivity contribution < 1.29 is 18.7 Å². The summed E-state index contributed by atoms with van der Waals surface area (Å²) in [6, 6.07) is 5.39. The van der Waals surface area contributed by atoms with E-state index in [2.05, 4.69) is 9.97 Å². The highest BCUT2D eigenvalue weighted by molar-refractivity contribution is 5.97. The van der Waals surface area contributed by atoms with Crippen LogP contribution in [-0.4, -0.2) is 75.0 Å². The second-order valence-electron chi connectivity index (χ2n) is 8.14. The summed E-state index contributed by atoms with van der Waals surface area (Å²) in [5, 5.41) is 11.0. The molecule has 1 atom stereocenters. The molecule has 6 nitrogen and oxygen atoms in total. The molecular formula is C20H26F2N4O2. The van der Waals surface area contributed by atoms with Gasteiger partial charge < -0.3 is 19.9 Å². The van der Waals surface area contributed by atoms with Crippen molar-refractivity contribution in [2.24, 2.45) is 0 Å². The molecule has 1 amide bonds. The van der Waals surface area contributed by atoms with Crippen LogP contribution in [0.25, 0.3) is 11.0 Å². The lowest BCUT2D eigenvalue weighted by Gasteiger charge is -2.37. The minimum atomic E-state index is -2.58. The first-order valence-electron chi connectivity index (χ1n) is 9.89. The summed E-state index contributed by atoms with van der Waals surface area (Å²) in [6.07, 6.45) is 3.02. The molecule has 3 heterocycles. The van der Waals surface area contributed by atoms with Crippen molar-refractivity contribution in [1.82, 2.24) is 19.8 Å². The van der Waals surface area contributed by atoms with Crippen LogP contribution in [0.4, 0.5) is 8.78 Å². The van der Waals surface area contributed by atoms with Gasteiger partial charge in [-0.1, -0.05) is 0 Å². The van der Waals surface area contributed by atoms with Gasteiger partial charge in [-0.05, 0) is 37.5 Å². The number of halogens is 2. The van der Waals surface area contributed by atoms with Gasteiger partial charge in [-0.25, -0.2) is 13.8 Å². The number of hydrogen-bond donors (Lipinski definition) is 2. The molecule has 28 heavy (non-hydrogen) atoms. The second-order valence-corrected chi connectivity index (χ2v) is 8.14. The van der Waals surface area contributed by atoms with Crippen molar-refractivity contribution >= 4 is 16.9 Å². The second kappa shape index (κ2) is 7.40. The quantitative estimate of drug-likeness (QED) is 0.842. The van der Waals surface area contributed by atoms with Gasteiger partial charge in [-0.2, -0.15) is 0 Å². The summed E-state index contributed by atoms with van der Waals surface area (Å²) in [4.78, 5) is 23.8. The molecule has 2 aliphatic heterocycles. The monoisotopic (exact) mass is 392 g/mol. The number of carbonyl (C=O) groups is 1. The van der Waals surface area contributed by atoms with Crippen molar-refractivity contribution in [3.63, 3.8) is 0 Å². The largest absolute Gasteiger partial charge is 0.388 e. The van der Waals surface area contributed by atoms with Crippen molar-refractivity contribution in [2.45, 2.75) is 43.6 Å². The number of rotatable bonds is 3. The van der Waals surface area contributed by atoms with E-state index in [-0.39, 0.29) is 18.7 Å². The molecule has 2 aliphatic rings. The third-order valence-corrected chi connectivity index (χ3v) is 5.98. The van der Waals surface area contributed by atoms with Crippen LogP contribution in [0.3, 0.4) is 0 Å². The van der Waals surface area contributed by atoms with Crippen molar-refractivity contribution in [3.8, 4) is 0 Å².